The molecule has 0 atom stereocenters. The summed E-state index contributed by atoms with van der Waals surface area (Å²) in [6, 6.07) is 13.3. The number of hydrogen-bond acceptors (Lipinski definition) is 2. The van der Waals surface area contributed by atoms with Crippen LogP contribution < -0.4 is 4.72 Å². The topological polar surface area (TPSA) is 46.2 Å². The number of sulfonamides is 1. The van der Waals surface area contributed by atoms with Crippen LogP contribution in [0.3, 0.4) is 0 Å². The average molecular weight is 342 g/mol. The van der Waals surface area contributed by atoms with Crippen molar-refractivity contribution >= 4 is 21.6 Å². The molecule has 0 bridgehead atoms. The summed E-state index contributed by atoms with van der Waals surface area (Å²) in [4.78, 5) is 0. The van der Waals surface area contributed by atoms with Gasteiger partial charge in [-0.1, -0.05) is 41.9 Å². The summed E-state index contributed by atoms with van der Waals surface area (Å²) < 4.78 is 39.8. The van der Waals surface area contributed by atoms with Crippen LogP contribution in [0.1, 0.15) is 17.5 Å². The van der Waals surface area contributed by atoms with Gasteiger partial charge in [-0.05, 0) is 36.6 Å². The van der Waals surface area contributed by atoms with Gasteiger partial charge in [-0.15, -0.1) is 0 Å². The molecule has 6 heteroatoms. The van der Waals surface area contributed by atoms with Gasteiger partial charge in [0, 0.05) is 17.1 Å². The van der Waals surface area contributed by atoms with Gasteiger partial charge >= 0.3 is 0 Å². The van der Waals surface area contributed by atoms with Crippen LogP contribution in [0, 0.1) is 5.82 Å². The molecule has 0 saturated carbocycles. The van der Waals surface area contributed by atoms with Crippen LogP contribution in [0.15, 0.2) is 48.5 Å². The molecule has 22 heavy (non-hydrogen) atoms. The van der Waals surface area contributed by atoms with Crippen molar-refractivity contribution in [1.29, 1.82) is 0 Å². The zero-order chi connectivity index (χ0) is 16.0. The van der Waals surface area contributed by atoms with Crippen molar-refractivity contribution in [2.45, 2.75) is 18.6 Å². The van der Waals surface area contributed by atoms with Gasteiger partial charge < -0.3 is 0 Å². The molecule has 3 nitrogen and oxygen atoms in total. The second kappa shape index (κ2) is 7.72. The van der Waals surface area contributed by atoms with Gasteiger partial charge in [-0.25, -0.2) is 17.5 Å². The molecule has 0 amide bonds. The molecular formula is C16H17ClFNO2S. The minimum Gasteiger partial charge on any atom is -0.215 e. The predicted molar refractivity (Wildman–Crippen MR) is 86.8 cm³/mol. The standard InChI is InChI=1S/C16H17ClFNO2S/c17-15-9-7-13(8-10-15)4-3-11-19-22(20,21)12-14-5-1-2-6-16(14)18/h1-2,5-10,19H,3-4,11-12H2. The van der Waals surface area contributed by atoms with E-state index < -0.39 is 15.8 Å². The van der Waals surface area contributed by atoms with E-state index in [1.807, 2.05) is 12.1 Å². The van der Waals surface area contributed by atoms with Gasteiger partial charge in [0.2, 0.25) is 10.0 Å². The van der Waals surface area contributed by atoms with Crippen LogP contribution in [0.2, 0.25) is 5.02 Å². The molecule has 0 heterocycles. The second-order valence-electron chi connectivity index (χ2n) is 4.97. The third kappa shape index (κ3) is 5.40. The normalized spacial score (nSPS) is 11.5. The Morgan fingerprint density at radius 3 is 2.41 bits per heavy atom. The molecule has 0 spiro atoms. The fourth-order valence-electron chi connectivity index (χ4n) is 2.04. The summed E-state index contributed by atoms with van der Waals surface area (Å²) in [5, 5.41) is 0.675. The maximum absolute atomic E-state index is 13.5. The molecule has 2 aromatic carbocycles. The lowest BCUT2D eigenvalue weighted by Crippen LogP contribution is -2.26. The van der Waals surface area contributed by atoms with Gasteiger partial charge in [0.15, 0.2) is 0 Å². The first-order valence-corrected chi connectivity index (χ1v) is 8.94. The Morgan fingerprint density at radius 1 is 1.05 bits per heavy atom. The first-order valence-electron chi connectivity index (χ1n) is 6.91. The number of halogens is 2. The fraction of sp³-hybridized carbons (Fsp3) is 0.250. The van der Waals surface area contributed by atoms with E-state index in [0.29, 0.717) is 18.0 Å². The van der Waals surface area contributed by atoms with Crippen molar-refractivity contribution in [2.24, 2.45) is 0 Å². The molecule has 2 aromatic rings. The largest absolute Gasteiger partial charge is 0.215 e. The highest BCUT2D eigenvalue weighted by Gasteiger charge is 2.13. The third-order valence-electron chi connectivity index (χ3n) is 3.18. The molecule has 0 aromatic heterocycles. The van der Waals surface area contributed by atoms with Crippen molar-refractivity contribution in [3.63, 3.8) is 0 Å². The van der Waals surface area contributed by atoms with Gasteiger partial charge in [0.05, 0.1) is 5.75 Å². The lowest BCUT2D eigenvalue weighted by molar-refractivity contribution is 0.572. The van der Waals surface area contributed by atoms with E-state index in [9.17, 15) is 12.8 Å². The summed E-state index contributed by atoms with van der Waals surface area (Å²) in [5.41, 5.74) is 1.27. The summed E-state index contributed by atoms with van der Waals surface area (Å²) in [6.45, 7) is 0.319. The zero-order valence-electron chi connectivity index (χ0n) is 11.9. The Labute approximate surface area is 135 Å². The molecule has 0 aliphatic rings. The Morgan fingerprint density at radius 2 is 1.73 bits per heavy atom. The Kier molecular flexibility index (Phi) is 5.94. The molecule has 118 valence electrons. The summed E-state index contributed by atoms with van der Waals surface area (Å²) >= 11 is 5.80. The van der Waals surface area contributed by atoms with Crippen molar-refractivity contribution < 1.29 is 12.8 Å². The number of hydrogen-bond donors (Lipinski definition) is 1. The quantitative estimate of drug-likeness (QED) is 0.783. The minimum absolute atomic E-state index is 0.174. The molecule has 2 rings (SSSR count). The van der Waals surface area contributed by atoms with Crippen molar-refractivity contribution in [2.75, 3.05) is 6.54 Å². The lowest BCUT2D eigenvalue weighted by atomic mass is 10.1. The third-order valence-corrected chi connectivity index (χ3v) is 4.77. The van der Waals surface area contributed by atoms with E-state index in [2.05, 4.69) is 4.72 Å². The van der Waals surface area contributed by atoms with Gasteiger partial charge in [0.25, 0.3) is 0 Å². The summed E-state index contributed by atoms with van der Waals surface area (Å²) in [5.74, 6) is -0.852. The molecule has 0 aliphatic heterocycles. The van der Waals surface area contributed by atoms with Crippen LogP contribution in [-0.4, -0.2) is 15.0 Å². The first-order chi connectivity index (χ1) is 10.5. The molecule has 0 radical (unpaired) electrons. The monoisotopic (exact) mass is 341 g/mol. The Hall–Kier alpha value is -1.43. The predicted octanol–water partition coefficient (Wildman–Crippen LogP) is 3.53. The molecule has 0 aliphatic carbocycles. The Bertz CT molecular complexity index is 717. The maximum atomic E-state index is 13.5. The number of aryl methyl sites for hydroxylation is 1. The van der Waals surface area contributed by atoms with E-state index >= 15 is 0 Å². The van der Waals surface area contributed by atoms with E-state index in [1.165, 1.54) is 18.2 Å². The molecule has 1 N–H and O–H groups in total. The van der Waals surface area contributed by atoms with Gasteiger partial charge in [-0.3, -0.25) is 0 Å². The summed E-state index contributed by atoms with van der Waals surface area (Å²) in [7, 11) is -3.53. The van der Waals surface area contributed by atoms with Gasteiger partial charge in [-0.2, -0.15) is 0 Å². The Balaban J connectivity index is 1.80. The molecule has 0 unspecified atom stereocenters. The summed E-state index contributed by atoms with van der Waals surface area (Å²) in [6.07, 6.45) is 1.41. The van der Waals surface area contributed by atoms with E-state index in [-0.39, 0.29) is 11.3 Å². The highest BCUT2D eigenvalue weighted by atomic mass is 35.5. The highest BCUT2D eigenvalue weighted by Crippen LogP contribution is 2.12. The highest BCUT2D eigenvalue weighted by molar-refractivity contribution is 7.88. The van der Waals surface area contributed by atoms with Crippen LogP contribution in [0.4, 0.5) is 4.39 Å². The van der Waals surface area contributed by atoms with Crippen LogP contribution in [0.5, 0.6) is 0 Å². The van der Waals surface area contributed by atoms with Crippen LogP contribution in [-0.2, 0) is 22.2 Å². The van der Waals surface area contributed by atoms with E-state index in [4.69, 9.17) is 11.6 Å². The minimum atomic E-state index is -3.53. The molecule has 0 fully saturated rings. The van der Waals surface area contributed by atoms with Crippen LogP contribution in [0.25, 0.3) is 0 Å². The van der Waals surface area contributed by atoms with E-state index in [1.54, 1.807) is 18.2 Å². The average Bonchev–Trinajstić information content (AvgIpc) is 2.48. The van der Waals surface area contributed by atoms with E-state index in [0.717, 1.165) is 12.0 Å². The first kappa shape index (κ1) is 16.9. The number of rotatable bonds is 7. The SMILES string of the molecule is O=S(=O)(Cc1ccccc1F)NCCCc1ccc(Cl)cc1. The van der Waals surface area contributed by atoms with Gasteiger partial charge in [0.1, 0.15) is 5.82 Å². The second-order valence-corrected chi connectivity index (χ2v) is 7.22. The van der Waals surface area contributed by atoms with Crippen molar-refractivity contribution in [3.05, 3.63) is 70.5 Å². The molecular weight excluding hydrogens is 325 g/mol. The van der Waals surface area contributed by atoms with Crippen molar-refractivity contribution in [3.8, 4) is 0 Å². The van der Waals surface area contributed by atoms with Crippen LogP contribution >= 0.6 is 11.6 Å². The number of nitrogens with one attached hydrogen (secondary N) is 1. The lowest BCUT2D eigenvalue weighted by Gasteiger charge is -2.07. The maximum Gasteiger partial charge on any atom is 0.215 e. The zero-order valence-corrected chi connectivity index (χ0v) is 13.5. The molecule has 0 saturated heterocycles. The van der Waals surface area contributed by atoms with Crippen molar-refractivity contribution in [1.82, 2.24) is 4.72 Å². The fourth-order valence-corrected chi connectivity index (χ4v) is 3.37. The smallest absolute Gasteiger partial charge is 0.215 e. The number of benzene rings is 2.